The third-order valence-electron chi connectivity index (χ3n) is 3.65. The summed E-state index contributed by atoms with van der Waals surface area (Å²) < 4.78 is 10.9. The van der Waals surface area contributed by atoms with Crippen LogP contribution in [0.1, 0.15) is 18.1 Å². The Bertz CT molecular complexity index is 593. The molecule has 1 aliphatic rings. The molecule has 1 aromatic heterocycles. The van der Waals surface area contributed by atoms with Gasteiger partial charge in [0.25, 0.3) is 0 Å². The monoisotopic (exact) mass is 342 g/mol. The van der Waals surface area contributed by atoms with Gasteiger partial charge >= 0.3 is 0 Å². The average molecular weight is 343 g/mol. The van der Waals surface area contributed by atoms with E-state index in [-0.39, 0.29) is 37.0 Å². The lowest BCUT2D eigenvalue weighted by molar-refractivity contribution is 0.105. The molecule has 22 heavy (non-hydrogen) atoms. The summed E-state index contributed by atoms with van der Waals surface area (Å²) in [7, 11) is 1.66. The van der Waals surface area contributed by atoms with Crippen LogP contribution >= 0.6 is 24.8 Å². The minimum Gasteiger partial charge on any atom is -0.497 e. The van der Waals surface area contributed by atoms with Crippen LogP contribution in [0.2, 0.25) is 0 Å². The third-order valence-corrected chi connectivity index (χ3v) is 3.65. The van der Waals surface area contributed by atoms with Gasteiger partial charge in [0.05, 0.1) is 13.2 Å². The summed E-state index contributed by atoms with van der Waals surface area (Å²) in [6, 6.07) is 10.1. The summed E-state index contributed by atoms with van der Waals surface area (Å²) in [5, 5.41) is 0. The van der Waals surface area contributed by atoms with Crippen LogP contribution in [0.15, 0.2) is 42.7 Å². The molecule has 120 valence electrons. The molecular formula is C16H20Cl2N2O2. The first kappa shape index (κ1) is 18.7. The van der Waals surface area contributed by atoms with Crippen molar-refractivity contribution in [2.75, 3.05) is 13.7 Å². The molecule has 1 saturated heterocycles. The van der Waals surface area contributed by atoms with Crippen LogP contribution in [0.25, 0.3) is 11.1 Å². The second-order valence-corrected chi connectivity index (χ2v) is 4.98. The SMILES string of the molecule is COc1ccc(-c2cncc([C@@H]3OCC[C@H]3N)c2)cc1.Cl.Cl. The minimum atomic E-state index is -0.0410. The maximum absolute atomic E-state index is 6.07. The van der Waals surface area contributed by atoms with Crippen molar-refractivity contribution in [3.05, 3.63) is 48.3 Å². The quantitative estimate of drug-likeness (QED) is 0.928. The van der Waals surface area contributed by atoms with Crippen molar-refractivity contribution in [3.8, 4) is 16.9 Å². The van der Waals surface area contributed by atoms with E-state index in [1.54, 1.807) is 7.11 Å². The molecule has 0 unspecified atom stereocenters. The van der Waals surface area contributed by atoms with Crippen molar-refractivity contribution in [2.24, 2.45) is 5.73 Å². The number of aromatic nitrogens is 1. The lowest BCUT2D eigenvalue weighted by atomic mass is 10.0. The van der Waals surface area contributed by atoms with Gasteiger partial charge in [0, 0.05) is 36.2 Å². The number of hydrogen-bond acceptors (Lipinski definition) is 4. The number of hydrogen-bond donors (Lipinski definition) is 1. The first-order valence-corrected chi connectivity index (χ1v) is 6.74. The summed E-state index contributed by atoms with van der Waals surface area (Å²) >= 11 is 0. The van der Waals surface area contributed by atoms with Gasteiger partial charge in [-0.05, 0) is 30.2 Å². The van der Waals surface area contributed by atoms with Crippen molar-refractivity contribution >= 4 is 24.8 Å². The molecule has 1 fully saturated rings. The van der Waals surface area contributed by atoms with Gasteiger partial charge in [-0.1, -0.05) is 12.1 Å². The average Bonchev–Trinajstić information content (AvgIpc) is 2.94. The van der Waals surface area contributed by atoms with Gasteiger partial charge in [0.15, 0.2) is 0 Å². The van der Waals surface area contributed by atoms with Crippen LogP contribution in [-0.4, -0.2) is 24.7 Å². The lowest BCUT2D eigenvalue weighted by Gasteiger charge is -2.15. The number of rotatable bonds is 3. The summed E-state index contributed by atoms with van der Waals surface area (Å²) in [5.74, 6) is 0.846. The zero-order valence-corrected chi connectivity index (χ0v) is 13.9. The maximum atomic E-state index is 6.07. The fourth-order valence-corrected chi connectivity index (χ4v) is 2.50. The fourth-order valence-electron chi connectivity index (χ4n) is 2.50. The molecule has 0 radical (unpaired) electrons. The lowest BCUT2D eigenvalue weighted by Crippen LogP contribution is -2.23. The van der Waals surface area contributed by atoms with Crippen LogP contribution in [0.4, 0.5) is 0 Å². The zero-order valence-electron chi connectivity index (χ0n) is 12.3. The Kier molecular flexibility index (Phi) is 7.10. The Morgan fingerprint density at radius 3 is 2.45 bits per heavy atom. The molecule has 1 aliphatic heterocycles. The normalized spacial score (nSPS) is 19.9. The van der Waals surface area contributed by atoms with Crippen molar-refractivity contribution < 1.29 is 9.47 Å². The first-order chi connectivity index (χ1) is 9.78. The topological polar surface area (TPSA) is 57.4 Å². The Morgan fingerprint density at radius 1 is 1.14 bits per heavy atom. The Balaban J connectivity index is 0.00000121. The number of methoxy groups -OCH3 is 1. The highest BCUT2D eigenvalue weighted by Gasteiger charge is 2.26. The van der Waals surface area contributed by atoms with Crippen LogP contribution < -0.4 is 10.5 Å². The Morgan fingerprint density at radius 2 is 1.86 bits per heavy atom. The highest BCUT2D eigenvalue weighted by Crippen LogP contribution is 2.30. The predicted molar refractivity (Wildman–Crippen MR) is 92.0 cm³/mol. The molecular weight excluding hydrogens is 323 g/mol. The van der Waals surface area contributed by atoms with Gasteiger partial charge in [0.1, 0.15) is 5.75 Å². The number of nitrogens with zero attached hydrogens (tertiary/aromatic N) is 1. The standard InChI is InChI=1S/C16H18N2O2.2ClH/c1-19-14-4-2-11(3-5-14)12-8-13(10-18-9-12)16-15(17)6-7-20-16;;/h2-5,8-10,15-16H,6-7,17H2,1H3;2*1H/t15-,16+;;/m1../s1. The summed E-state index contributed by atoms with van der Waals surface area (Å²) in [4.78, 5) is 4.32. The highest BCUT2D eigenvalue weighted by atomic mass is 35.5. The van der Waals surface area contributed by atoms with E-state index in [2.05, 4.69) is 11.1 Å². The zero-order chi connectivity index (χ0) is 13.9. The molecule has 2 heterocycles. The molecule has 3 rings (SSSR count). The predicted octanol–water partition coefficient (Wildman–Crippen LogP) is 3.39. The van der Waals surface area contributed by atoms with E-state index >= 15 is 0 Å². The van der Waals surface area contributed by atoms with Gasteiger partial charge in [0.2, 0.25) is 0 Å². The van der Waals surface area contributed by atoms with Gasteiger partial charge in [-0.15, -0.1) is 24.8 Å². The Labute approximate surface area is 142 Å². The molecule has 6 heteroatoms. The van der Waals surface area contributed by atoms with E-state index in [1.807, 2.05) is 36.7 Å². The van der Waals surface area contributed by atoms with E-state index in [9.17, 15) is 0 Å². The molecule has 2 atom stereocenters. The molecule has 1 aromatic carbocycles. The van der Waals surface area contributed by atoms with Gasteiger partial charge in [-0.3, -0.25) is 4.98 Å². The van der Waals surface area contributed by atoms with Crippen molar-refractivity contribution in [2.45, 2.75) is 18.6 Å². The highest BCUT2D eigenvalue weighted by molar-refractivity contribution is 5.85. The summed E-state index contributed by atoms with van der Waals surface area (Å²) in [5.41, 5.74) is 9.28. The van der Waals surface area contributed by atoms with Gasteiger partial charge in [-0.25, -0.2) is 0 Å². The van der Waals surface area contributed by atoms with Crippen LogP contribution in [0, 0.1) is 0 Å². The molecule has 2 aromatic rings. The van der Waals surface area contributed by atoms with Crippen molar-refractivity contribution in [1.82, 2.24) is 4.98 Å². The van der Waals surface area contributed by atoms with Crippen LogP contribution in [-0.2, 0) is 4.74 Å². The smallest absolute Gasteiger partial charge is 0.118 e. The second-order valence-electron chi connectivity index (χ2n) is 4.98. The van der Waals surface area contributed by atoms with Crippen LogP contribution in [0.3, 0.4) is 0 Å². The number of benzene rings is 1. The van der Waals surface area contributed by atoms with Gasteiger partial charge < -0.3 is 15.2 Å². The summed E-state index contributed by atoms with van der Waals surface area (Å²) in [6.45, 7) is 0.721. The summed E-state index contributed by atoms with van der Waals surface area (Å²) in [6.07, 6.45) is 4.55. The van der Waals surface area contributed by atoms with Crippen molar-refractivity contribution in [1.29, 1.82) is 0 Å². The maximum Gasteiger partial charge on any atom is 0.118 e. The molecule has 0 amide bonds. The van der Waals surface area contributed by atoms with E-state index < -0.39 is 0 Å². The number of nitrogens with two attached hydrogens (primary N) is 1. The van der Waals surface area contributed by atoms with E-state index in [4.69, 9.17) is 15.2 Å². The van der Waals surface area contributed by atoms with E-state index in [0.717, 1.165) is 35.5 Å². The molecule has 0 aliphatic carbocycles. The second kappa shape index (κ2) is 8.34. The molecule has 0 saturated carbocycles. The largest absolute Gasteiger partial charge is 0.497 e. The van der Waals surface area contributed by atoms with Crippen LogP contribution in [0.5, 0.6) is 5.75 Å². The first-order valence-electron chi connectivity index (χ1n) is 6.74. The van der Waals surface area contributed by atoms with Gasteiger partial charge in [-0.2, -0.15) is 0 Å². The molecule has 0 spiro atoms. The minimum absolute atomic E-state index is 0. The fraction of sp³-hybridized carbons (Fsp3) is 0.312. The van der Waals surface area contributed by atoms with Crippen molar-refractivity contribution in [3.63, 3.8) is 0 Å². The Hall–Kier alpha value is -1.33. The third kappa shape index (κ3) is 3.90. The molecule has 2 N–H and O–H groups in total. The number of ether oxygens (including phenoxy) is 2. The number of halogens is 2. The van der Waals surface area contributed by atoms with E-state index in [1.165, 1.54) is 0 Å². The number of pyridine rings is 1. The van der Waals surface area contributed by atoms with E-state index in [0.29, 0.717) is 0 Å². The molecule has 4 nitrogen and oxygen atoms in total. The molecule has 0 bridgehead atoms.